The average Bonchev–Trinajstić information content (AvgIpc) is 2.38. The number of hydrogen-bond acceptors (Lipinski definition) is 4. The molecule has 0 saturated carbocycles. The number of allylic oxidation sites excluding steroid dienone is 2. The molecule has 1 aromatic rings. The monoisotopic (exact) mass is 385 g/mol. The molecule has 20 heavy (non-hydrogen) atoms. The third-order valence-corrected chi connectivity index (χ3v) is 3.79. The molecule has 1 aromatic carbocycles. The summed E-state index contributed by atoms with van der Waals surface area (Å²) < 4.78 is 27.1. The molecule has 0 radical (unpaired) electrons. The normalized spacial score (nSPS) is 21.8. The SMILES string of the molecule is CN[C]1([Pd+])CC=CC=C1c1ccccc1.CS(=O)(=O)[O-]. The molecule has 6 heteroatoms. The van der Waals surface area contributed by atoms with E-state index in [1.54, 1.807) is 0 Å². The maximum atomic E-state index is 9.08. The smallest absolute Gasteiger partial charge is 0.0916 e. The van der Waals surface area contributed by atoms with Crippen LogP contribution in [0.25, 0.3) is 5.57 Å². The Morgan fingerprint density at radius 1 is 1.30 bits per heavy atom. The third kappa shape index (κ3) is 5.70. The molecule has 0 spiro atoms. The second-order valence-electron chi connectivity index (χ2n) is 4.28. The Morgan fingerprint density at radius 3 is 2.35 bits per heavy atom. The van der Waals surface area contributed by atoms with Crippen molar-refractivity contribution in [3.63, 3.8) is 0 Å². The van der Waals surface area contributed by atoms with Gasteiger partial charge in [0.25, 0.3) is 0 Å². The van der Waals surface area contributed by atoms with E-state index in [4.69, 9.17) is 13.0 Å². The minimum atomic E-state index is -3.92. The van der Waals surface area contributed by atoms with Crippen LogP contribution >= 0.6 is 0 Å². The first-order valence-corrected chi connectivity index (χ1v) is 8.54. The van der Waals surface area contributed by atoms with E-state index in [9.17, 15) is 0 Å². The minimum Gasteiger partial charge on any atom is -0.748 e. The zero-order valence-corrected chi connectivity index (χ0v) is 13.6. The van der Waals surface area contributed by atoms with Gasteiger partial charge in [0.2, 0.25) is 0 Å². The average molecular weight is 386 g/mol. The maximum Gasteiger partial charge on any atom is 0.0916 e. The Labute approximate surface area is 131 Å². The molecular formula is C14H17NO3PdS. The molecule has 112 valence electrons. The number of nitrogens with one attached hydrogen (secondary N) is 1. The summed E-state index contributed by atoms with van der Waals surface area (Å²) in [6, 6.07) is 10.5. The van der Waals surface area contributed by atoms with Crippen LogP contribution in [-0.4, -0.2) is 30.3 Å². The fourth-order valence-electron chi connectivity index (χ4n) is 1.79. The Kier molecular flexibility index (Phi) is 6.31. The molecule has 0 amide bonds. The molecule has 1 unspecified atom stereocenters. The van der Waals surface area contributed by atoms with Crippen molar-refractivity contribution in [2.24, 2.45) is 0 Å². The topological polar surface area (TPSA) is 69.2 Å². The van der Waals surface area contributed by atoms with Crippen LogP contribution in [0.15, 0.2) is 48.6 Å². The van der Waals surface area contributed by atoms with Crippen molar-refractivity contribution in [1.82, 2.24) is 5.32 Å². The summed E-state index contributed by atoms with van der Waals surface area (Å²) >= 11 is 3.46. The molecular weight excluding hydrogens is 369 g/mol. The first kappa shape index (κ1) is 17.3. The summed E-state index contributed by atoms with van der Waals surface area (Å²) in [7, 11) is -1.93. The quantitative estimate of drug-likeness (QED) is 0.621. The number of likely N-dealkylation sites (N-methyl/N-ethyl adjacent to an activating group) is 1. The van der Waals surface area contributed by atoms with Gasteiger partial charge in [-0.25, -0.2) is 8.42 Å². The van der Waals surface area contributed by atoms with Crippen LogP contribution in [0, 0.1) is 0 Å². The molecule has 0 saturated heterocycles. The summed E-state index contributed by atoms with van der Waals surface area (Å²) in [6.45, 7) is 0. The van der Waals surface area contributed by atoms with Gasteiger partial charge in [0.1, 0.15) is 0 Å². The van der Waals surface area contributed by atoms with Crippen LogP contribution < -0.4 is 5.32 Å². The van der Waals surface area contributed by atoms with Gasteiger partial charge in [0.05, 0.1) is 10.1 Å². The standard InChI is InChI=1S/C13H14N.CH4O3S.Pd/c1-14-13-10-6-5-9-12(13)11-7-3-2-4-8-11;1-5(2,3)4;/h2-9,14H,10H2,1H3;1H3,(H,2,3,4);/q;;+1/p-1. The predicted molar refractivity (Wildman–Crippen MR) is 75.6 cm³/mol. The molecule has 1 aliphatic rings. The van der Waals surface area contributed by atoms with Gasteiger partial charge in [-0.3, -0.25) is 0 Å². The van der Waals surface area contributed by atoms with E-state index < -0.39 is 10.1 Å². The van der Waals surface area contributed by atoms with Crippen LogP contribution in [0.3, 0.4) is 0 Å². The minimum absolute atomic E-state index is 0.0844. The van der Waals surface area contributed by atoms with Gasteiger partial charge < -0.3 is 4.55 Å². The van der Waals surface area contributed by atoms with Gasteiger partial charge >= 0.3 is 102 Å². The zero-order valence-electron chi connectivity index (χ0n) is 11.3. The first-order chi connectivity index (χ1) is 9.26. The van der Waals surface area contributed by atoms with Gasteiger partial charge in [0, 0.05) is 6.26 Å². The molecule has 1 atom stereocenters. The van der Waals surface area contributed by atoms with Crippen molar-refractivity contribution < 1.29 is 32.2 Å². The van der Waals surface area contributed by atoms with Crippen molar-refractivity contribution in [1.29, 1.82) is 0 Å². The Morgan fingerprint density at radius 2 is 1.85 bits per heavy atom. The van der Waals surface area contributed by atoms with E-state index in [1.165, 1.54) is 11.1 Å². The van der Waals surface area contributed by atoms with E-state index >= 15 is 0 Å². The van der Waals surface area contributed by atoms with E-state index in [0.717, 1.165) is 6.42 Å². The summed E-state index contributed by atoms with van der Waals surface area (Å²) in [5.41, 5.74) is 2.57. The second-order valence-corrected chi connectivity index (χ2v) is 7.02. The zero-order chi connectivity index (χ0) is 15.2. The fraction of sp³-hybridized carbons (Fsp3) is 0.286. The Bertz CT molecular complexity index is 588. The molecule has 1 aliphatic carbocycles. The first-order valence-electron chi connectivity index (χ1n) is 5.94. The Balaban J connectivity index is 0.000000347. The van der Waals surface area contributed by atoms with Crippen LogP contribution in [0.5, 0.6) is 0 Å². The molecule has 2 rings (SSSR count). The Hall–Kier alpha value is -0.768. The molecule has 0 fully saturated rings. The van der Waals surface area contributed by atoms with Gasteiger partial charge in [-0.2, -0.15) is 0 Å². The van der Waals surface area contributed by atoms with Crippen molar-refractivity contribution in [2.75, 3.05) is 13.3 Å². The summed E-state index contributed by atoms with van der Waals surface area (Å²) in [5.74, 6) is 0. The van der Waals surface area contributed by atoms with Crippen LogP contribution in [0.4, 0.5) is 0 Å². The molecule has 0 bridgehead atoms. The van der Waals surface area contributed by atoms with Crippen LogP contribution in [-0.2, 0) is 29.3 Å². The molecule has 0 aliphatic heterocycles. The fourth-order valence-corrected chi connectivity index (χ4v) is 2.33. The predicted octanol–water partition coefficient (Wildman–Crippen LogP) is 1.65. The van der Waals surface area contributed by atoms with Crippen molar-refractivity contribution in [2.45, 2.75) is 10.4 Å². The van der Waals surface area contributed by atoms with Gasteiger partial charge in [-0.05, 0) is 0 Å². The molecule has 0 heterocycles. The van der Waals surface area contributed by atoms with Crippen LogP contribution in [0.2, 0.25) is 0 Å². The van der Waals surface area contributed by atoms with Gasteiger partial charge in [0.15, 0.2) is 0 Å². The van der Waals surface area contributed by atoms with Crippen molar-refractivity contribution >= 4 is 15.7 Å². The largest absolute Gasteiger partial charge is 0.748 e. The maximum absolute atomic E-state index is 9.08. The third-order valence-electron chi connectivity index (χ3n) is 2.66. The summed E-state index contributed by atoms with van der Waals surface area (Å²) in [4.78, 5) is 0. The van der Waals surface area contributed by atoms with Crippen molar-refractivity contribution in [3.8, 4) is 0 Å². The molecule has 0 aromatic heterocycles. The number of hydrogen-bond donors (Lipinski definition) is 1. The number of benzene rings is 1. The summed E-state index contributed by atoms with van der Waals surface area (Å²) in [6.07, 6.45) is 8.04. The second kappa shape index (κ2) is 7.30. The van der Waals surface area contributed by atoms with Gasteiger partial charge in [-0.1, -0.05) is 0 Å². The van der Waals surface area contributed by atoms with Gasteiger partial charge in [-0.15, -0.1) is 0 Å². The molecule has 1 N–H and O–H groups in total. The summed E-state index contributed by atoms with van der Waals surface area (Å²) in [5, 5.41) is 3.34. The van der Waals surface area contributed by atoms with E-state index in [-0.39, 0.29) is 4.01 Å². The van der Waals surface area contributed by atoms with E-state index in [0.29, 0.717) is 6.26 Å². The van der Waals surface area contributed by atoms with Crippen molar-refractivity contribution in [3.05, 3.63) is 54.1 Å². The van der Waals surface area contributed by atoms with Crippen LogP contribution in [0.1, 0.15) is 12.0 Å². The van der Waals surface area contributed by atoms with E-state index in [2.05, 4.69) is 67.0 Å². The van der Waals surface area contributed by atoms with E-state index in [1.807, 2.05) is 13.1 Å². The number of rotatable bonds is 2. The molecule has 4 nitrogen and oxygen atoms in total.